The predicted molar refractivity (Wildman–Crippen MR) is 41.0 cm³/mol. The maximum Gasteiger partial charge on any atom is 0.0723 e. The highest BCUT2D eigenvalue weighted by atomic mass is 15.6. The van der Waals surface area contributed by atoms with Crippen LogP contribution in [-0.2, 0) is 0 Å². The van der Waals surface area contributed by atoms with E-state index >= 15 is 0 Å². The quantitative estimate of drug-likeness (QED) is 0.526. The topological polar surface area (TPSA) is 52.7 Å². The predicted octanol–water partition coefficient (Wildman–Crippen LogP) is 1.83. The van der Waals surface area contributed by atoms with Gasteiger partial charge in [0, 0.05) is 13.1 Å². The summed E-state index contributed by atoms with van der Waals surface area (Å²) in [6.07, 6.45) is 0.971. The third-order valence-electron chi connectivity index (χ3n) is 1.79. The normalized spacial score (nSPS) is 34.6. The van der Waals surface area contributed by atoms with E-state index in [9.17, 15) is 0 Å². The molecule has 62 valence electrons. The third-order valence-corrected chi connectivity index (χ3v) is 1.79. The van der Waals surface area contributed by atoms with Crippen LogP contribution in [-0.4, -0.2) is 24.1 Å². The van der Waals surface area contributed by atoms with Gasteiger partial charge in [-0.3, -0.25) is 5.01 Å². The minimum atomic E-state index is 0.242. The largest absolute Gasteiger partial charge is 0.277 e. The SMILES string of the molecule is CC1CC(C)N(C)/N=N/N=N1. The lowest BCUT2D eigenvalue weighted by molar-refractivity contribution is 0.220. The van der Waals surface area contributed by atoms with E-state index in [1.807, 2.05) is 14.0 Å². The van der Waals surface area contributed by atoms with E-state index in [0.717, 1.165) is 6.42 Å². The molecule has 2 atom stereocenters. The maximum atomic E-state index is 3.91. The van der Waals surface area contributed by atoms with Crippen molar-refractivity contribution in [3.05, 3.63) is 0 Å². The Bertz CT molecular complexity index is 176. The van der Waals surface area contributed by atoms with E-state index in [-0.39, 0.29) is 6.04 Å². The highest BCUT2D eigenvalue weighted by Gasteiger charge is 2.12. The van der Waals surface area contributed by atoms with Gasteiger partial charge in [0.2, 0.25) is 0 Å². The number of rotatable bonds is 0. The molecule has 1 aliphatic rings. The molecule has 5 nitrogen and oxygen atoms in total. The molecule has 0 aromatic heterocycles. The van der Waals surface area contributed by atoms with Crippen molar-refractivity contribution < 1.29 is 0 Å². The Morgan fingerprint density at radius 1 is 1.27 bits per heavy atom. The Kier molecular flexibility index (Phi) is 2.51. The van der Waals surface area contributed by atoms with Gasteiger partial charge < -0.3 is 0 Å². The smallest absolute Gasteiger partial charge is 0.0723 e. The van der Waals surface area contributed by atoms with E-state index in [4.69, 9.17) is 0 Å². The molecule has 0 bridgehead atoms. The Labute approximate surface area is 66.2 Å². The summed E-state index contributed by atoms with van der Waals surface area (Å²) in [4.78, 5) is 0. The summed E-state index contributed by atoms with van der Waals surface area (Å²) in [6.45, 7) is 4.12. The second-order valence-electron chi connectivity index (χ2n) is 2.89. The Hall–Kier alpha value is -1.00. The minimum absolute atomic E-state index is 0.242. The van der Waals surface area contributed by atoms with Gasteiger partial charge in [-0.15, -0.1) is 0 Å². The van der Waals surface area contributed by atoms with Crippen molar-refractivity contribution in [1.29, 1.82) is 0 Å². The summed E-state index contributed by atoms with van der Waals surface area (Å²) in [5, 5.41) is 16.6. The molecule has 2 unspecified atom stereocenters. The number of hydrogen-bond acceptors (Lipinski definition) is 5. The molecule has 0 aromatic carbocycles. The zero-order chi connectivity index (χ0) is 8.27. The van der Waals surface area contributed by atoms with Crippen molar-refractivity contribution >= 4 is 0 Å². The van der Waals surface area contributed by atoms with Crippen LogP contribution >= 0.6 is 0 Å². The van der Waals surface area contributed by atoms with Gasteiger partial charge in [0.1, 0.15) is 0 Å². The van der Waals surface area contributed by atoms with Gasteiger partial charge in [0.05, 0.1) is 6.04 Å². The van der Waals surface area contributed by atoms with Crippen molar-refractivity contribution in [2.75, 3.05) is 7.05 Å². The van der Waals surface area contributed by atoms with Gasteiger partial charge in [-0.25, -0.2) is 0 Å². The van der Waals surface area contributed by atoms with Crippen molar-refractivity contribution in [3.63, 3.8) is 0 Å². The first kappa shape index (κ1) is 8.10. The van der Waals surface area contributed by atoms with Crippen LogP contribution < -0.4 is 0 Å². The van der Waals surface area contributed by atoms with Crippen molar-refractivity contribution in [2.45, 2.75) is 32.4 Å². The van der Waals surface area contributed by atoms with Crippen LogP contribution in [0.2, 0.25) is 0 Å². The fraction of sp³-hybridized carbons (Fsp3) is 1.00. The maximum absolute atomic E-state index is 3.91. The molecular weight excluding hydrogens is 142 g/mol. The Morgan fingerprint density at radius 2 is 2.00 bits per heavy atom. The molecule has 0 N–H and O–H groups in total. The summed E-state index contributed by atoms with van der Waals surface area (Å²) in [5.41, 5.74) is 0. The zero-order valence-corrected chi connectivity index (χ0v) is 7.10. The molecule has 5 heteroatoms. The van der Waals surface area contributed by atoms with Gasteiger partial charge in [-0.2, -0.15) is 5.11 Å². The highest BCUT2D eigenvalue weighted by molar-refractivity contribution is 4.67. The fourth-order valence-electron chi connectivity index (χ4n) is 0.974. The lowest BCUT2D eigenvalue weighted by Crippen LogP contribution is -2.27. The molecule has 0 saturated heterocycles. The van der Waals surface area contributed by atoms with Gasteiger partial charge >= 0.3 is 0 Å². The molecular formula is C6H13N5. The van der Waals surface area contributed by atoms with Crippen molar-refractivity contribution in [3.8, 4) is 0 Å². The lowest BCUT2D eigenvalue weighted by Gasteiger charge is -2.21. The number of hydrogen-bond donors (Lipinski definition) is 0. The molecule has 0 spiro atoms. The van der Waals surface area contributed by atoms with Crippen LogP contribution in [0.25, 0.3) is 0 Å². The summed E-state index contributed by atoms with van der Waals surface area (Å²) >= 11 is 0. The summed E-state index contributed by atoms with van der Waals surface area (Å²) in [6, 6.07) is 0.625. The van der Waals surface area contributed by atoms with Crippen LogP contribution in [0.3, 0.4) is 0 Å². The first-order valence-corrected chi connectivity index (χ1v) is 3.73. The van der Waals surface area contributed by atoms with E-state index in [2.05, 4.69) is 27.7 Å². The molecule has 0 aromatic rings. The second-order valence-corrected chi connectivity index (χ2v) is 2.89. The summed E-state index contributed by atoms with van der Waals surface area (Å²) < 4.78 is 0. The highest BCUT2D eigenvalue weighted by Crippen LogP contribution is 2.10. The van der Waals surface area contributed by atoms with Crippen LogP contribution in [0, 0.1) is 0 Å². The second kappa shape index (κ2) is 3.41. The fourth-order valence-corrected chi connectivity index (χ4v) is 0.974. The van der Waals surface area contributed by atoms with E-state index < -0.39 is 0 Å². The third kappa shape index (κ3) is 2.25. The van der Waals surface area contributed by atoms with E-state index in [0.29, 0.717) is 6.04 Å². The Balaban J connectivity index is 2.64. The molecule has 0 radical (unpaired) electrons. The monoisotopic (exact) mass is 155 g/mol. The van der Waals surface area contributed by atoms with Crippen LogP contribution in [0.5, 0.6) is 0 Å². The van der Waals surface area contributed by atoms with Gasteiger partial charge in [-0.1, -0.05) is 0 Å². The van der Waals surface area contributed by atoms with Crippen LogP contribution in [0.1, 0.15) is 20.3 Å². The summed E-state index contributed by atoms with van der Waals surface area (Å²) in [7, 11) is 1.89. The molecule has 1 rings (SSSR count). The average molecular weight is 155 g/mol. The van der Waals surface area contributed by atoms with Crippen molar-refractivity contribution in [1.82, 2.24) is 5.01 Å². The average Bonchev–Trinajstić information content (AvgIpc) is 1.95. The standard InChI is InChI=1S/C6H13N5/c1-5-4-6(2)11(3)10-9-8-7-5/h5-6H,4H2,1-3H3/b8-7?,10-9+. The molecule has 0 saturated carbocycles. The Morgan fingerprint density at radius 3 is 2.73 bits per heavy atom. The molecule has 0 amide bonds. The molecule has 0 aliphatic carbocycles. The molecule has 0 fully saturated rings. The first-order chi connectivity index (χ1) is 5.20. The van der Waals surface area contributed by atoms with Gasteiger partial charge in [0.25, 0.3) is 0 Å². The van der Waals surface area contributed by atoms with E-state index in [1.165, 1.54) is 0 Å². The van der Waals surface area contributed by atoms with Gasteiger partial charge in [-0.05, 0) is 35.9 Å². The van der Waals surface area contributed by atoms with Crippen molar-refractivity contribution in [2.24, 2.45) is 20.8 Å². The lowest BCUT2D eigenvalue weighted by atomic mass is 10.1. The number of nitrogens with zero attached hydrogens (tertiary/aromatic N) is 5. The molecule has 1 aliphatic heterocycles. The van der Waals surface area contributed by atoms with Gasteiger partial charge in [0.15, 0.2) is 0 Å². The zero-order valence-electron chi connectivity index (χ0n) is 7.10. The van der Waals surface area contributed by atoms with Crippen LogP contribution in [0.4, 0.5) is 0 Å². The minimum Gasteiger partial charge on any atom is -0.277 e. The van der Waals surface area contributed by atoms with E-state index in [1.54, 1.807) is 5.01 Å². The van der Waals surface area contributed by atoms with Crippen LogP contribution in [0.15, 0.2) is 20.8 Å². The summed E-state index contributed by atoms with van der Waals surface area (Å²) in [5.74, 6) is 0. The molecule has 1 heterocycles. The molecule has 11 heavy (non-hydrogen) atoms. The first-order valence-electron chi connectivity index (χ1n) is 3.73.